The lowest BCUT2D eigenvalue weighted by molar-refractivity contribution is -0.305. The molecule has 2 rings (SSSR count). The van der Waals surface area contributed by atoms with Crippen molar-refractivity contribution < 1.29 is 19.5 Å². The molecule has 0 radical (unpaired) electrons. The molecule has 23 heavy (non-hydrogen) atoms. The molecular formula is C17H19N2O4-. The van der Waals surface area contributed by atoms with E-state index in [9.17, 15) is 19.5 Å². The van der Waals surface area contributed by atoms with E-state index in [0.29, 0.717) is 11.3 Å². The third kappa shape index (κ3) is 3.41. The Hall–Kier alpha value is -2.63. The van der Waals surface area contributed by atoms with Crippen molar-refractivity contribution in [2.75, 3.05) is 6.54 Å². The van der Waals surface area contributed by atoms with Gasteiger partial charge in [-0.1, -0.05) is 44.2 Å². The van der Waals surface area contributed by atoms with Crippen LogP contribution in [-0.4, -0.2) is 40.2 Å². The van der Waals surface area contributed by atoms with Crippen molar-refractivity contribution in [2.45, 2.75) is 26.8 Å². The Bertz CT molecular complexity index is 652. The fourth-order valence-corrected chi connectivity index (χ4v) is 2.70. The number of hydrogen-bond acceptors (Lipinski definition) is 4. The van der Waals surface area contributed by atoms with Gasteiger partial charge in [-0.25, -0.2) is 0 Å². The molecule has 1 aliphatic rings. The minimum Gasteiger partial charge on any atom is -0.548 e. The van der Waals surface area contributed by atoms with E-state index in [1.165, 1.54) is 16.7 Å². The lowest BCUT2D eigenvalue weighted by Crippen LogP contribution is -2.56. The summed E-state index contributed by atoms with van der Waals surface area (Å²) in [6.45, 7) is 4.47. The van der Waals surface area contributed by atoms with E-state index in [0.717, 1.165) is 0 Å². The van der Waals surface area contributed by atoms with Crippen molar-refractivity contribution in [1.29, 1.82) is 0 Å². The maximum Gasteiger partial charge on any atom is 0.250 e. The second-order valence-electron chi connectivity index (χ2n) is 5.79. The molecule has 2 amide bonds. The Morgan fingerprint density at radius 2 is 1.83 bits per heavy atom. The predicted octanol–water partition coefficient (Wildman–Crippen LogP) is 0.450. The topological polar surface area (TPSA) is 80.8 Å². The van der Waals surface area contributed by atoms with Crippen molar-refractivity contribution >= 4 is 23.5 Å². The molecule has 1 aromatic carbocycles. The van der Waals surface area contributed by atoms with Crippen LogP contribution in [0.4, 0.5) is 0 Å². The molecule has 0 N–H and O–H groups in total. The van der Waals surface area contributed by atoms with Crippen molar-refractivity contribution in [3.8, 4) is 0 Å². The van der Waals surface area contributed by atoms with Gasteiger partial charge >= 0.3 is 0 Å². The summed E-state index contributed by atoms with van der Waals surface area (Å²) < 4.78 is 0. The van der Waals surface area contributed by atoms with E-state index in [-0.39, 0.29) is 11.8 Å². The molecule has 122 valence electrons. The van der Waals surface area contributed by atoms with E-state index in [1.54, 1.807) is 30.5 Å². The molecule has 6 nitrogen and oxygen atoms in total. The van der Waals surface area contributed by atoms with Crippen molar-refractivity contribution in [3.05, 3.63) is 42.1 Å². The van der Waals surface area contributed by atoms with Gasteiger partial charge in [0.05, 0.1) is 18.2 Å². The first kappa shape index (κ1) is 16.7. The zero-order valence-electron chi connectivity index (χ0n) is 13.4. The highest BCUT2D eigenvalue weighted by molar-refractivity contribution is 5.98. The number of nitrogens with zero attached hydrogens (tertiary/aromatic N) is 2. The summed E-state index contributed by atoms with van der Waals surface area (Å²) >= 11 is 0. The van der Waals surface area contributed by atoms with Crippen LogP contribution >= 0.6 is 0 Å². The fourth-order valence-electron chi connectivity index (χ4n) is 2.70. The van der Waals surface area contributed by atoms with E-state index >= 15 is 0 Å². The van der Waals surface area contributed by atoms with Gasteiger partial charge in [-0.05, 0) is 11.5 Å². The summed E-state index contributed by atoms with van der Waals surface area (Å²) in [5, 5.41) is 11.1. The molecule has 1 aromatic rings. The van der Waals surface area contributed by atoms with Gasteiger partial charge in [0.2, 0.25) is 5.91 Å². The molecular weight excluding hydrogens is 296 g/mol. The number of carboxylic acids is 1. The Labute approximate surface area is 135 Å². The molecule has 0 saturated carbocycles. The standard InChI is InChI=1S/C17H20N2O4/c1-11(2)16-17(23)19(10-15(21)22)14(9-18(16)12(3)20)13-7-5-4-6-8-13/h4-9,11,16H,10H2,1-3H3,(H,21,22)/p-1. The number of carbonyl (C=O) groups excluding carboxylic acids is 3. The summed E-state index contributed by atoms with van der Waals surface area (Å²) in [6, 6.07) is 8.18. The minimum absolute atomic E-state index is 0.149. The van der Waals surface area contributed by atoms with E-state index < -0.39 is 24.5 Å². The molecule has 0 saturated heterocycles. The first-order chi connectivity index (χ1) is 10.8. The quantitative estimate of drug-likeness (QED) is 0.808. The van der Waals surface area contributed by atoms with Crippen molar-refractivity contribution in [1.82, 2.24) is 9.80 Å². The third-order valence-electron chi connectivity index (χ3n) is 3.72. The van der Waals surface area contributed by atoms with Crippen LogP contribution in [0.15, 0.2) is 36.5 Å². The lowest BCUT2D eigenvalue weighted by Gasteiger charge is -2.41. The summed E-state index contributed by atoms with van der Waals surface area (Å²) in [5.74, 6) is -2.18. The summed E-state index contributed by atoms with van der Waals surface area (Å²) in [5.41, 5.74) is 1.04. The van der Waals surface area contributed by atoms with Gasteiger partial charge in [-0.15, -0.1) is 0 Å². The second kappa shape index (κ2) is 6.64. The number of carboxylic acid groups (broad SMARTS) is 1. The van der Waals surface area contributed by atoms with Crippen LogP contribution in [0.2, 0.25) is 0 Å². The van der Waals surface area contributed by atoms with E-state index in [4.69, 9.17) is 0 Å². The molecule has 1 atom stereocenters. The van der Waals surface area contributed by atoms with Gasteiger partial charge in [-0.2, -0.15) is 0 Å². The van der Waals surface area contributed by atoms with E-state index in [1.807, 2.05) is 19.9 Å². The van der Waals surface area contributed by atoms with Crippen LogP contribution in [0.3, 0.4) is 0 Å². The average Bonchev–Trinajstić information content (AvgIpc) is 2.48. The summed E-state index contributed by atoms with van der Waals surface area (Å²) in [6.07, 6.45) is 1.55. The number of benzene rings is 1. The average molecular weight is 315 g/mol. The first-order valence-electron chi connectivity index (χ1n) is 7.40. The monoisotopic (exact) mass is 315 g/mol. The Morgan fingerprint density at radius 1 is 1.22 bits per heavy atom. The summed E-state index contributed by atoms with van der Waals surface area (Å²) in [7, 11) is 0. The largest absolute Gasteiger partial charge is 0.548 e. The van der Waals surface area contributed by atoms with Crippen LogP contribution in [0.25, 0.3) is 5.70 Å². The van der Waals surface area contributed by atoms with Crippen LogP contribution < -0.4 is 5.11 Å². The highest BCUT2D eigenvalue weighted by Crippen LogP contribution is 2.29. The molecule has 0 aliphatic carbocycles. The Kier molecular flexibility index (Phi) is 4.83. The predicted molar refractivity (Wildman–Crippen MR) is 82.3 cm³/mol. The minimum atomic E-state index is -1.35. The zero-order valence-corrected chi connectivity index (χ0v) is 13.4. The molecule has 1 heterocycles. The summed E-state index contributed by atoms with van der Waals surface area (Å²) in [4.78, 5) is 38.4. The Morgan fingerprint density at radius 3 is 2.30 bits per heavy atom. The van der Waals surface area contributed by atoms with Crippen LogP contribution in [0.5, 0.6) is 0 Å². The number of amides is 2. The van der Waals surface area contributed by atoms with Gasteiger partial charge in [0, 0.05) is 13.1 Å². The highest BCUT2D eigenvalue weighted by Gasteiger charge is 2.39. The number of hydrogen-bond donors (Lipinski definition) is 0. The maximum absolute atomic E-state index is 12.8. The zero-order chi connectivity index (χ0) is 17.1. The molecule has 6 heteroatoms. The molecule has 0 spiro atoms. The third-order valence-corrected chi connectivity index (χ3v) is 3.72. The maximum atomic E-state index is 12.8. The molecule has 0 fully saturated rings. The fraction of sp³-hybridized carbons (Fsp3) is 0.353. The Balaban J connectivity index is 2.57. The molecule has 0 bridgehead atoms. The van der Waals surface area contributed by atoms with Gasteiger partial charge in [0.15, 0.2) is 0 Å². The molecule has 1 unspecified atom stereocenters. The lowest BCUT2D eigenvalue weighted by atomic mass is 9.97. The van der Waals surface area contributed by atoms with Gasteiger partial charge in [0.1, 0.15) is 6.04 Å². The number of rotatable bonds is 4. The smallest absolute Gasteiger partial charge is 0.250 e. The van der Waals surface area contributed by atoms with Crippen LogP contribution in [0, 0.1) is 5.92 Å². The SMILES string of the molecule is CC(=O)N1C=C(c2ccccc2)N(CC(=O)[O-])C(=O)C1C(C)C. The van der Waals surface area contributed by atoms with Crippen LogP contribution in [-0.2, 0) is 14.4 Å². The van der Waals surface area contributed by atoms with Gasteiger partial charge < -0.3 is 19.7 Å². The normalized spacial score (nSPS) is 18.2. The molecule has 1 aliphatic heterocycles. The first-order valence-corrected chi connectivity index (χ1v) is 7.40. The van der Waals surface area contributed by atoms with Crippen molar-refractivity contribution in [3.63, 3.8) is 0 Å². The highest BCUT2D eigenvalue weighted by atomic mass is 16.4. The van der Waals surface area contributed by atoms with Crippen molar-refractivity contribution in [2.24, 2.45) is 5.92 Å². The number of carbonyl (C=O) groups is 3. The molecule has 0 aromatic heterocycles. The van der Waals surface area contributed by atoms with E-state index in [2.05, 4.69) is 0 Å². The second-order valence-corrected chi connectivity index (χ2v) is 5.79. The number of aliphatic carboxylic acids is 1. The van der Waals surface area contributed by atoms with Gasteiger partial charge in [0.25, 0.3) is 5.91 Å². The van der Waals surface area contributed by atoms with Crippen LogP contribution in [0.1, 0.15) is 26.3 Å². The van der Waals surface area contributed by atoms with Gasteiger partial charge in [-0.3, -0.25) is 9.59 Å².